The fourth-order valence-electron chi connectivity index (χ4n) is 3.03. The van der Waals surface area contributed by atoms with Gasteiger partial charge in [0.15, 0.2) is 0 Å². The maximum Gasteiger partial charge on any atom is 0.0271 e. The molecule has 0 aliphatic heterocycles. The number of hydrogen-bond donors (Lipinski definition) is 2. The van der Waals surface area contributed by atoms with Crippen LogP contribution in [-0.4, -0.2) is 22.1 Å². The lowest BCUT2D eigenvalue weighted by molar-refractivity contribution is 0.305. The SMILES string of the molecule is c1cc(CNC2CCC(NCc3ccncc3)CC2)ccn1. The Balaban J connectivity index is 1.35. The Hall–Kier alpha value is -1.78. The molecule has 0 unspecified atom stereocenters. The van der Waals surface area contributed by atoms with E-state index in [1.165, 1.54) is 36.8 Å². The van der Waals surface area contributed by atoms with Crippen LogP contribution in [0.25, 0.3) is 0 Å². The molecule has 2 aromatic heterocycles. The Labute approximate surface area is 132 Å². The van der Waals surface area contributed by atoms with Gasteiger partial charge in [0.2, 0.25) is 0 Å². The van der Waals surface area contributed by atoms with Crippen molar-refractivity contribution in [3.05, 3.63) is 60.2 Å². The zero-order valence-corrected chi connectivity index (χ0v) is 12.9. The van der Waals surface area contributed by atoms with Crippen LogP contribution in [0.15, 0.2) is 49.1 Å². The predicted octanol–water partition coefficient (Wildman–Crippen LogP) is 2.67. The molecule has 4 heteroatoms. The van der Waals surface area contributed by atoms with Gasteiger partial charge < -0.3 is 10.6 Å². The molecule has 1 aliphatic carbocycles. The molecule has 116 valence electrons. The van der Waals surface area contributed by atoms with Gasteiger partial charge in [-0.3, -0.25) is 9.97 Å². The molecule has 0 atom stereocenters. The molecular formula is C18H24N4. The highest BCUT2D eigenvalue weighted by atomic mass is 14.9. The van der Waals surface area contributed by atoms with Crippen molar-refractivity contribution >= 4 is 0 Å². The second-order valence-electron chi connectivity index (χ2n) is 6.02. The molecule has 1 fully saturated rings. The lowest BCUT2D eigenvalue weighted by Crippen LogP contribution is -2.39. The van der Waals surface area contributed by atoms with Gasteiger partial charge in [-0.1, -0.05) is 0 Å². The van der Waals surface area contributed by atoms with Gasteiger partial charge in [-0.25, -0.2) is 0 Å². The van der Waals surface area contributed by atoms with Crippen LogP contribution in [0.5, 0.6) is 0 Å². The van der Waals surface area contributed by atoms with E-state index in [-0.39, 0.29) is 0 Å². The van der Waals surface area contributed by atoms with Gasteiger partial charge in [0.25, 0.3) is 0 Å². The minimum atomic E-state index is 0.646. The summed E-state index contributed by atoms with van der Waals surface area (Å²) in [5, 5.41) is 7.34. The van der Waals surface area contributed by atoms with Crippen LogP contribution in [0.2, 0.25) is 0 Å². The molecule has 22 heavy (non-hydrogen) atoms. The molecular weight excluding hydrogens is 272 g/mol. The summed E-state index contributed by atoms with van der Waals surface area (Å²) < 4.78 is 0. The van der Waals surface area contributed by atoms with E-state index in [9.17, 15) is 0 Å². The van der Waals surface area contributed by atoms with Crippen LogP contribution in [0.1, 0.15) is 36.8 Å². The lowest BCUT2D eigenvalue weighted by atomic mass is 9.91. The number of hydrogen-bond acceptors (Lipinski definition) is 4. The Kier molecular flexibility index (Phi) is 5.51. The molecule has 0 bridgehead atoms. The van der Waals surface area contributed by atoms with Crippen molar-refractivity contribution in [2.45, 2.75) is 50.9 Å². The quantitative estimate of drug-likeness (QED) is 0.860. The first kappa shape index (κ1) is 15.1. The van der Waals surface area contributed by atoms with E-state index in [4.69, 9.17) is 0 Å². The zero-order valence-electron chi connectivity index (χ0n) is 12.9. The zero-order chi connectivity index (χ0) is 15.0. The first-order chi connectivity index (χ1) is 10.9. The average molecular weight is 296 g/mol. The highest BCUT2D eigenvalue weighted by Crippen LogP contribution is 2.19. The standard InChI is InChI=1S/C18H24N4/c1-2-18(22-14-16-7-11-20-12-8-16)4-3-17(1)21-13-15-5-9-19-10-6-15/h5-12,17-18,21-22H,1-4,13-14H2. The molecule has 3 rings (SSSR count). The maximum atomic E-state index is 4.06. The summed E-state index contributed by atoms with van der Waals surface area (Å²) >= 11 is 0. The summed E-state index contributed by atoms with van der Waals surface area (Å²) in [5.41, 5.74) is 2.63. The van der Waals surface area contributed by atoms with E-state index in [1.807, 2.05) is 24.8 Å². The van der Waals surface area contributed by atoms with Crippen molar-refractivity contribution in [2.24, 2.45) is 0 Å². The number of nitrogens with zero attached hydrogens (tertiary/aromatic N) is 2. The smallest absolute Gasteiger partial charge is 0.0271 e. The minimum absolute atomic E-state index is 0.646. The third-order valence-electron chi connectivity index (χ3n) is 4.42. The third kappa shape index (κ3) is 4.61. The van der Waals surface area contributed by atoms with Crippen LogP contribution in [-0.2, 0) is 13.1 Å². The monoisotopic (exact) mass is 296 g/mol. The van der Waals surface area contributed by atoms with E-state index in [0.29, 0.717) is 12.1 Å². The summed E-state index contributed by atoms with van der Waals surface area (Å²) in [6.45, 7) is 1.89. The molecule has 2 N–H and O–H groups in total. The minimum Gasteiger partial charge on any atom is -0.310 e. The van der Waals surface area contributed by atoms with Crippen molar-refractivity contribution in [2.75, 3.05) is 0 Å². The molecule has 1 saturated carbocycles. The second kappa shape index (κ2) is 8.01. The largest absolute Gasteiger partial charge is 0.310 e. The van der Waals surface area contributed by atoms with Crippen molar-refractivity contribution in [3.8, 4) is 0 Å². The van der Waals surface area contributed by atoms with Crippen molar-refractivity contribution < 1.29 is 0 Å². The fraction of sp³-hybridized carbons (Fsp3) is 0.444. The van der Waals surface area contributed by atoms with E-state index in [0.717, 1.165) is 13.1 Å². The van der Waals surface area contributed by atoms with Gasteiger partial charge in [-0.2, -0.15) is 0 Å². The Morgan fingerprint density at radius 2 is 1.05 bits per heavy atom. The van der Waals surface area contributed by atoms with E-state index >= 15 is 0 Å². The van der Waals surface area contributed by atoms with Gasteiger partial charge >= 0.3 is 0 Å². The number of nitrogens with one attached hydrogen (secondary N) is 2. The molecule has 0 spiro atoms. The highest BCUT2D eigenvalue weighted by molar-refractivity contribution is 5.10. The van der Waals surface area contributed by atoms with Gasteiger partial charge in [-0.05, 0) is 61.1 Å². The number of aromatic nitrogens is 2. The van der Waals surface area contributed by atoms with E-state index in [2.05, 4.69) is 44.9 Å². The van der Waals surface area contributed by atoms with Crippen LogP contribution in [0.3, 0.4) is 0 Å². The summed E-state index contributed by atoms with van der Waals surface area (Å²) in [6, 6.07) is 9.60. The molecule has 4 nitrogen and oxygen atoms in total. The second-order valence-corrected chi connectivity index (χ2v) is 6.02. The normalized spacial score (nSPS) is 21.6. The molecule has 0 aromatic carbocycles. The summed E-state index contributed by atoms with van der Waals surface area (Å²) in [6.07, 6.45) is 12.4. The maximum absolute atomic E-state index is 4.06. The summed E-state index contributed by atoms with van der Waals surface area (Å²) in [7, 11) is 0. The molecule has 0 saturated heterocycles. The van der Waals surface area contributed by atoms with Crippen molar-refractivity contribution in [3.63, 3.8) is 0 Å². The number of pyridine rings is 2. The Morgan fingerprint density at radius 1 is 0.682 bits per heavy atom. The molecule has 0 radical (unpaired) electrons. The molecule has 0 amide bonds. The first-order valence-corrected chi connectivity index (χ1v) is 8.15. The van der Waals surface area contributed by atoms with Gasteiger partial charge in [-0.15, -0.1) is 0 Å². The molecule has 2 heterocycles. The molecule has 1 aliphatic rings. The van der Waals surface area contributed by atoms with Crippen molar-refractivity contribution in [1.29, 1.82) is 0 Å². The van der Waals surface area contributed by atoms with Gasteiger partial charge in [0.1, 0.15) is 0 Å². The number of rotatable bonds is 6. The topological polar surface area (TPSA) is 49.8 Å². The first-order valence-electron chi connectivity index (χ1n) is 8.15. The van der Waals surface area contributed by atoms with Gasteiger partial charge in [0.05, 0.1) is 0 Å². The predicted molar refractivity (Wildman–Crippen MR) is 88.2 cm³/mol. The van der Waals surface area contributed by atoms with Crippen LogP contribution in [0.4, 0.5) is 0 Å². The lowest BCUT2D eigenvalue weighted by Gasteiger charge is -2.30. The van der Waals surface area contributed by atoms with E-state index in [1.54, 1.807) is 0 Å². The fourth-order valence-corrected chi connectivity index (χ4v) is 3.03. The van der Waals surface area contributed by atoms with Crippen molar-refractivity contribution in [1.82, 2.24) is 20.6 Å². The average Bonchev–Trinajstić information content (AvgIpc) is 2.61. The van der Waals surface area contributed by atoms with Crippen LogP contribution < -0.4 is 10.6 Å². The van der Waals surface area contributed by atoms with Crippen LogP contribution in [0, 0.1) is 0 Å². The Bertz CT molecular complexity index is 484. The molecule has 2 aromatic rings. The third-order valence-corrected chi connectivity index (χ3v) is 4.42. The Morgan fingerprint density at radius 3 is 1.41 bits per heavy atom. The summed E-state index contributed by atoms with van der Waals surface area (Å²) in [4.78, 5) is 8.11. The van der Waals surface area contributed by atoms with Crippen LogP contribution >= 0.6 is 0 Å². The van der Waals surface area contributed by atoms with E-state index < -0.39 is 0 Å². The van der Waals surface area contributed by atoms with Gasteiger partial charge in [0, 0.05) is 50.0 Å². The summed E-state index contributed by atoms with van der Waals surface area (Å²) in [5.74, 6) is 0. The highest BCUT2D eigenvalue weighted by Gasteiger charge is 2.20.